The van der Waals surface area contributed by atoms with Gasteiger partial charge in [0.2, 0.25) is 0 Å². The van der Waals surface area contributed by atoms with Crippen LogP contribution in [0.4, 0.5) is 0 Å². The Morgan fingerprint density at radius 3 is 1.41 bits per heavy atom. The maximum Gasteiger partial charge on any atom is -1.00 e. The molecule has 0 spiro atoms. The molecule has 3 heteroatoms. The minimum Gasteiger partial charge on any atom is -1.00 e. The summed E-state index contributed by atoms with van der Waals surface area (Å²) in [5.41, 5.74) is 17.9. The number of halogens is 2. The number of benzene rings is 6. The molecule has 0 aromatic heterocycles. The van der Waals surface area contributed by atoms with Crippen molar-refractivity contribution in [3.8, 4) is 33.4 Å². The molecule has 0 heterocycles. The molecule has 54 heavy (non-hydrogen) atoms. The van der Waals surface area contributed by atoms with Gasteiger partial charge in [-0.05, 0) is 0 Å². The average molecular weight is 823 g/mol. The molecule has 0 radical (unpaired) electrons. The molecule has 0 N–H and O–H groups in total. The van der Waals surface area contributed by atoms with Crippen LogP contribution in [0.2, 0.25) is 0 Å². The van der Waals surface area contributed by atoms with E-state index in [0.29, 0.717) is 9.54 Å². The predicted molar refractivity (Wildman–Crippen MR) is 220 cm³/mol. The van der Waals surface area contributed by atoms with Gasteiger partial charge in [-0.3, -0.25) is 0 Å². The van der Waals surface area contributed by atoms with Crippen molar-refractivity contribution < 1.29 is 46.1 Å². The van der Waals surface area contributed by atoms with Gasteiger partial charge in [-0.2, -0.15) is 0 Å². The number of hydrogen-bond acceptors (Lipinski definition) is 0. The van der Waals surface area contributed by atoms with Crippen LogP contribution in [0.15, 0.2) is 167 Å². The van der Waals surface area contributed by atoms with Crippen molar-refractivity contribution in [1.29, 1.82) is 0 Å². The standard InChI is InChI=1S/C25H17.C15H14.C11H17.2ClH.Zr/c1-3-7-18(8-4-1)20-11-13-24-22(15-20)17-23-16-21(12-14-25(23)24)19-9-5-2-6-10-19;1-12-3-7-14(8-4-12)11-15-9-5-13(2)6-10-15;1-5-9-6-7-10(8-9)11(2,3)4;;;/h1-17H;3-10H,1-2H3;7-9H,5H2,1-4H3;2*1H;/q;;;;;+2/p-2. The molecule has 0 fully saturated rings. The first-order valence-electron chi connectivity index (χ1n) is 18.9. The fraction of sp³-hybridized carbons (Fsp3) is 0.196. The SMILES string of the molecule is CCC1C=C(C(C)(C)C)C=[C]1[Zr+2](=[C](c1ccc(C)cc1)c1ccc(C)cc1)[CH]1c2cc(-c3ccccc3)ccc2-c2ccc(-c3ccccc3)cc21.[Cl-].[Cl-]. The molecular weight excluding hydrogens is 775 g/mol. The molecule has 1 atom stereocenters. The molecule has 2 aliphatic rings. The molecule has 0 aliphatic heterocycles. The third-order valence-corrected chi connectivity index (χ3v) is 19.7. The largest absolute Gasteiger partial charge is 1.00 e. The molecule has 0 nitrogen and oxygen atoms in total. The third-order valence-electron chi connectivity index (χ3n) is 11.2. The van der Waals surface area contributed by atoms with Crippen molar-refractivity contribution in [3.63, 3.8) is 0 Å². The Hall–Kier alpha value is -3.87. The molecule has 0 amide bonds. The zero-order valence-electron chi connectivity index (χ0n) is 32.1. The zero-order chi connectivity index (χ0) is 36.0. The summed E-state index contributed by atoms with van der Waals surface area (Å²) in [4.78, 5) is 0. The molecule has 8 rings (SSSR count). The van der Waals surface area contributed by atoms with Gasteiger partial charge in [0.05, 0.1) is 0 Å². The summed E-state index contributed by atoms with van der Waals surface area (Å²) >= 11 is -3.02. The van der Waals surface area contributed by atoms with E-state index in [1.54, 1.807) is 6.49 Å². The maximum atomic E-state index is 2.69. The smallest absolute Gasteiger partial charge is 1.00 e. The number of fused-ring (bicyclic) bond motifs is 3. The van der Waals surface area contributed by atoms with Gasteiger partial charge in [-0.15, -0.1) is 0 Å². The van der Waals surface area contributed by atoms with E-state index in [0.717, 1.165) is 6.42 Å². The summed E-state index contributed by atoms with van der Waals surface area (Å²) in [6.07, 6.45) is 6.44. The average Bonchev–Trinajstić information content (AvgIpc) is 3.75. The number of hydrogen-bond donors (Lipinski definition) is 0. The van der Waals surface area contributed by atoms with Crippen LogP contribution in [0, 0.1) is 25.2 Å². The topological polar surface area (TPSA) is 0 Å². The van der Waals surface area contributed by atoms with Crippen molar-refractivity contribution in [2.24, 2.45) is 11.3 Å². The van der Waals surface area contributed by atoms with Crippen LogP contribution in [0.1, 0.15) is 71.1 Å². The molecule has 1 unspecified atom stereocenters. The molecule has 0 bridgehead atoms. The van der Waals surface area contributed by atoms with Crippen LogP contribution in [-0.2, 0) is 21.3 Å². The van der Waals surface area contributed by atoms with Gasteiger partial charge in [-0.1, -0.05) is 0 Å². The third kappa shape index (κ3) is 7.66. The first-order chi connectivity index (χ1) is 25.2. The van der Waals surface area contributed by atoms with Crippen molar-refractivity contribution in [1.82, 2.24) is 0 Å². The molecule has 2 aliphatic carbocycles. The summed E-state index contributed by atoms with van der Waals surface area (Å²) < 4.78 is 3.64. The van der Waals surface area contributed by atoms with Gasteiger partial charge in [0.1, 0.15) is 0 Å². The molecule has 6 aromatic carbocycles. The Balaban J connectivity index is 0.00000249. The summed E-state index contributed by atoms with van der Waals surface area (Å²) in [6.45, 7) is 14.0. The van der Waals surface area contributed by atoms with Crippen molar-refractivity contribution in [3.05, 3.63) is 200 Å². The second kappa shape index (κ2) is 16.5. The Morgan fingerprint density at radius 2 is 1.00 bits per heavy atom. The summed E-state index contributed by atoms with van der Waals surface area (Å²) in [5.74, 6) is 0.441. The van der Waals surface area contributed by atoms with Crippen molar-refractivity contribution in [2.75, 3.05) is 0 Å². The van der Waals surface area contributed by atoms with Crippen LogP contribution in [0.25, 0.3) is 33.4 Å². The Labute approximate surface area is 343 Å². The fourth-order valence-electron chi connectivity index (χ4n) is 8.28. The van der Waals surface area contributed by atoms with Crippen molar-refractivity contribution in [2.45, 2.75) is 51.6 Å². The van der Waals surface area contributed by atoms with Crippen LogP contribution >= 0.6 is 0 Å². The van der Waals surface area contributed by atoms with Gasteiger partial charge < -0.3 is 24.8 Å². The monoisotopic (exact) mass is 820 g/mol. The minimum absolute atomic E-state index is 0. The summed E-state index contributed by atoms with van der Waals surface area (Å²) in [5, 5.41) is 0. The second-order valence-corrected chi connectivity index (χ2v) is 21.9. The van der Waals surface area contributed by atoms with Crippen LogP contribution in [-0.4, -0.2) is 3.21 Å². The normalized spacial score (nSPS) is 14.4. The van der Waals surface area contributed by atoms with Crippen molar-refractivity contribution >= 4 is 3.21 Å². The first-order valence-corrected chi connectivity index (χ1v) is 22.8. The van der Waals surface area contributed by atoms with E-state index in [1.165, 1.54) is 72.3 Å². The summed E-state index contributed by atoms with van der Waals surface area (Å²) in [6, 6.07) is 55.5. The Kier molecular flexibility index (Phi) is 12.1. The number of rotatable bonds is 7. The van der Waals surface area contributed by atoms with E-state index in [1.807, 2.05) is 0 Å². The van der Waals surface area contributed by atoms with E-state index in [-0.39, 0.29) is 30.2 Å². The van der Waals surface area contributed by atoms with Gasteiger partial charge in [0.15, 0.2) is 0 Å². The van der Waals surface area contributed by atoms with E-state index in [2.05, 4.69) is 199 Å². The van der Waals surface area contributed by atoms with Gasteiger partial charge >= 0.3 is 321 Å². The summed E-state index contributed by atoms with van der Waals surface area (Å²) in [7, 11) is 0. The van der Waals surface area contributed by atoms with Crippen LogP contribution in [0.3, 0.4) is 0 Å². The maximum absolute atomic E-state index is 3.02. The first kappa shape index (κ1) is 39.8. The fourth-order valence-corrected chi connectivity index (χ4v) is 18.0. The van der Waals surface area contributed by atoms with Gasteiger partial charge in [0.25, 0.3) is 0 Å². The predicted octanol–water partition coefficient (Wildman–Crippen LogP) is 7.50. The van der Waals surface area contributed by atoms with Crippen LogP contribution < -0.4 is 24.8 Å². The molecular formula is C51H48Cl2Zr. The van der Waals surface area contributed by atoms with Gasteiger partial charge in [0, 0.05) is 0 Å². The van der Waals surface area contributed by atoms with Crippen LogP contribution in [0.5, 0.6) is 0 Å². The number of aryl methyl sites for hydroxylation is 2. The molecule has 6 aromatic rings. The van der Waals surface area contributed by atoms with E-state index in [4.69, 9.17) is 0 Å². The molecule has 0 saturated heterocycles. The van der Waals surface area contributed by atoms with E-state index in [9.17, 15) is 0 Å². The van der Waals surface area contributed by atoms with E-state index >= 15 is 0 Å². The Bertz CT molecular complexity index is 2220. The Morgan fingerprint density at radius 1 is 0.556 bits per heavy atom. The minimum atomic E-state index is -3.02. The second-order valence-electron chi connectivity index (χ2n) is 15.8. The number of allylic oxidation sites excluding steroid dienone is 4. The quantitative estimate of drug-likeness (QED) is 0.157. The zero-order valence-corrected chi connectivity index (χ0v) is 36.1. The van der Waals surface area contributed by atoms with Gasteiger partial charge in [-0.25, -0.2) is 0 Å². The molecule has 0 saturated carbocycles. The molecule has 270 valence electrons. The van der Waals surface area contributed by atoms with E-state index < -0.39 is 21.3 Å².